The first-order chi connectivity index (χ1) is 10.2. The lowest BCUT2D eigenvalue weighted by Gasteiger charge is -2.26. The van der Waals surface area contributed by atoms with E-state index in [2.05, 4.69) is 34.1 Å². The number of nitrogens with zero attached hydrogens (tertiary/aromatic N) is 2. The fourth-order valence-electron chi connectivity index (χ4n) is 3.69. The molecule has 2 saturated heterocycles. The van der Waals surface area contributed by atoms with Crippen LogP contribution >= 0.6 is 12.2 Å². The summed E-state index contributed by atoms with van der Waals surface area (Å²) in [4.78, 5) is 5.82. The van der Waals surface area contributed by atoms with Crippen molar-refractivity contribution in [3.63, 3.8) is 0 Å². The van der Waals surface area contributed by atoms with Crippen LogP contribution in [0.3, 0.4) is 0 Å². The van der Waals surface area contributed by atoms with Crippen LogP contribution in [0.2, 0.25) is 0 Å². The maximum Gasteiger partial charge on any atom is 0.0816 e. The highest BCUT2D eigenvalue weighted by Crippen LogP contribution is 2.24. The summed E-state index contributed by atoms with van der Waals surface area (Å²) in [5.74, 6) is 0.179. The Kier molecular flexibility index (Phi) is 4.88. The highest BCUT2D eigenvalue weighted by Gasteiger charge is 2.30. The molecule has 2 N–H and O–H groups in total. The molecule has 2 fully saturated rings. The first-order valence-corrected chi connectivity index (χ1v) is 8.45. The van der Waals surface area contributed by atoms with Gasteiger partial charge in [0.2, 0.25) is 0 Å². The van der Waals surface area contributed by atoms with Crippen LogP contribution in [-0.4, -0.2) is 53.6 Å². The molecule has 0 aliphatic carbocycles. The van der Waals surface area contributed by atoms with Gasteiger partial charge in [0, 0.05) is 25.0 Å². The van der Waals surface area contributed by atoms with Crippen molar-refractivity contribution in [2.24, 2.45) is 5.73 Å². The largest absolute Gasteiger partial charge is 0.393 e. The van der Waals surface area contributed by atoms with Gasteiger partial charge in [0.1, 0.15) is 0 Å². The molecule has 0 spiro atoms. The molecule has 0 bridgehead atoms. The molecule has 0 aromatic heterocycles. The lowest BCUT2D eigenvalue weighted by atomic mass is 9.98. The van der Waals surface area contributed by atoms with Gasteiger partial charge in [-0.1, -0.05) is 42.5 Å². The molecule has 3 nitrogen and oxygen atoms in total. The first-order valence-electron chi connectivity index (χ1n) is 8.04. The van der Waals surface area contributed by atoms with Gasteiger partial charge in [-0.25, -0.2) is 0 Å². The number of rotatable bonds is 5. The Morgan fingerprint density at radius 2 is 1.90 bits per heavy atom. The number of likely N-dealkylation sites (tertiary alicyclic amines) is 2. The number of hydrogen-bond acceptors (Lipinski definition) is 3. The fraction of sp³-hybridized carbons (Fsp3) is 0.588. The zero-order chi connectivity index (χ0) is 14.7. The lowest BCUT2D eigenvalue weighted by Crippen LogP contribution is -2.37. The van der Waals surface area contributed by atoms with Crippen molar-refractivity contribution in [3.05, 3.63) is 35.9 Å². The van der Waals surface area contributed by atoms with Crippen LogP contribution in [0.4, 0.5) is 0 Å². The third kappa shape index (κ3) is 3.62. The first kappa shape index (κ1) is 14.9. The maximum absolute atomic E-state index is 6.00. The van der Waals surface area contributed by atoms with Gasteiger partial charge >= 0.3 is 0 Å². The molecule has 2 aliphatic heterocycles. The van der Waals surface area contributed by atoms with Crippen molar-refractivity contribution in [2.45, 2.75) is 31.2 Å². The maximum atomic E-state index is 6.00. The number of benzene rings is 1. The van der Waals surface area contributed by atoms with Crippen molar-refractivity contribution in [3.8, 4) is 0 Å². The van der Waals surface area contributed by atoms with E-state index in [1.165, 1.54) is 51.0 Å². The van der Waals surface area contributed by atoms with E-state index in [9.17, 15) is 0 Å². The zero-order valence-electron chi connectivity index (χ0n) is 12.6. The van der Waals surface area contributed by atoms with Crippen molar-refractivity contribution in [2.75, 3.05) is 32.7 Å². The quantitative estimate of drug-likeness (QED) is 0.846. The van der Waals surface area contributed by atoms with Crippen molar-refractivity contribution in [1.82, 2.24) is 9.80 Å². The van der Waals surface area contributed by atoms with E-state index in [-0.39, 0.29) is 5.92 Å². The Labute approximate surface area is 133 Å². The molecule has 1 aromatic rings. The fourth-order valence-corrected chi connectivity index (χ4v) is 3.90. The summed E-state index contributed by atoms with van der Waals surface area (Å²) in [6, 6.07) is 11.2. The minimum absolute atomic E-state index is 0.179. The highest BCUT2D eigenvalue weighted by atomic mass is 32.1. The standard InChI is InChI=1S/C17H25N3S/c18-17(21)16(14-6-2-1-3-7-14)13-19-11-8-15(12-19)20-9-4-5-10-20/h1-3,6-7,15-16H,4-5,8-13H2,(H2,18,21). The topological polar surface area (TPSA) is 32.5 Å². The molecule has 21 heavy (non-hydrogen) atoms. The minimum atomic E-state index is 0.179. The van der Waals surface area contributed by atoms with E-state index in [1.807, 2.05) is 6.07 Å². The van der Waals surface area contributed by atoms with Crippen LogP contribution in [0.5, 0.6) is 0 Å². The van der Waals surface area contributed by atoms with Crippen molar-refractivity contribution >= 4 is 17.2 Å². The van der Waals surface area contributed by atoms with Gasteiger partial charge in [-0.3, -0.25) is 4.90 Å². The summed E-state index contributed by atoms with van der Waals surface area (Å²) < 4.78 is 0. The van der Waals surface area contributed by atoms with E-state index in [1.54, 1.807) is 0 Å². The van der Waals surface area contributed by atoms with Gasteiger partial charge in [-0.15, -0.1) is 0 Å². The molecule has 0 radical (unpaired) electrons. The molecule has 3 rings (SSSR count). The van der Waals surface area contributed by atoms with Gasteiger partial charge in [-0.05, 0) is 44.5 Å². The number of thiocarbonyl (C=S) groups is 1. The second-order valence-corrected chi connectivity index (χ2v) is 6.78. The molecule has 0 amide bonds. The normalized spacial score (nSPS) is 25.2. The highest BCUT2D eigenvalue weighted by molar-refractivity contribution is 7.80. The number of nitrogens with two attached hydrogens (primary N) is 1. The summed E-state index contributed by atoms with van der Waals surface area (Å²) in [6.45, 7) is 5.88. The molecule has 2 atom stereocenters. The Balaban J connectivity index is 1.61. The average Bonchev–Trinajstić information content (AvgIpc) is 3.16. The van der Waals surface area contributed by atoms with Crippen LogP contribution in [0.15, 0.2) is 30.3 Å². The summed E-state index contributed by atoms with van der Waals surface area (Å²) >= 11 is 5.31. The van der Waals surface area contributed by atoms with E-state index in [0.29, 0.717) is 4.99 Å². The third-order valence-electron chi connectivity index (χ3n) is 4.89. The summed E-state index contributed by atoms with van der Waals surface area (Å²) in [5, 5.41) is 0. The molecular formula is C17H25N3S. The van der Waals surface area contributed by atoms with Crippen molar-refractivity contribution in [1.29, 1.82) is 0 Å². The van der Waals surface area contributed by atoms with Gasteiger partial charge in [0.25, 0.3) is 0 Å². The van der Waals surface area contributed by atoms with Gasteiger partial charge < -0.3 is 10.6 Å². The Morgan fingerprint density at radius 3 is 2.57 bits per heavy atom. The lowest BCUT2D eigenvalue weighted by molar-refractivity contribution is 0.232. The Morgan fingerprint density at radius 1 is 1.19 bits per heavy atom. The molecule has 1 aromatic carbocycles. The Hall–Kier alpha value is -0.970. The second kappa shape index (κ2) is 6.86. The second-order valence-electron chi connectivity index (χ2n) is 6.31. The molecule has 4 heteroatoms. The molecule has 2 unspecified atom stereocenters. The smallest absolute Gasteiger partial charge is 0.0816 e. The summed E-state index contributed by atoms with van der Waals surface area (Å²) in [7, 11) is 0. The van der Waals surface area contributed by atoms with Gasteiger partial charge in [0.15, 0.2) is 0 Å². The van der Waals surface area contributed by atoms with Crippen LogP contribution in [0.1, 0.15) is 30.7 Å². The van der Waals surface area contributed by atoms with Gasteiger partial charge in [0.05, 0.1) is 4.99 Å². The average molecular weight is 303 g/mol. The van der Waals surface area contributed by atoms with E-state index in [0.717, 1.165) is 12.6 Å². The molecule has 2 aliphatic rings. The number of hydrogen-bond donors (Lipinski definition) is 1. The van der Waals surface area contributed by atoms with Crippen LogP contribution in [0, 0.1) is 0 Å². The SMILES string of the molecule is NC(=S)C(CN1CCC(N2CCCC2)C1)c1ccccc1. The van der Waals surface area contributed by atoms with Crippen LogP contribution in [0.25, 0.3) is 0 Å². The summed E-state index contributed by atoms with van der Waals surface area (Å²) in [6.07, 6.45) is 4.03. The molecular weight excluding hydrogens is 278 g/mol. The van der Waals surface area contributed by atoms with Gasteiger partial charge in [-0.2, -0.15) is 0 Å². The Bertz CT molecular complexity index is 470. The van der Waals surface area contributed by atoms with E-state index >= 15 is 0 Å². The predicted molar refractivity (Wildman–Crippen MR) is 91.6 cm³/mol. The molecule has 0 saturated carbocycles. The third-order valence-corrected chi connectivity index (χ3v) is 5.18. The zero-order valence-corrected chi connectivity index (χ0v) is 13.4. The monoisotopic (exact) mass is 303 g/mol. The predicted octanol–water partition coefficient (Wildman–Crippen LogP) is 2.23. The van der Waals surface area contributed by atoms with Crippen molar-refractivity contribution < 1.29 is 0 Å². The van der Waals surface area contributed by atoms with E-state index < -0.39 is 0 Å². The van der Waals surface area contributed by atoms with E-state index in [4.69, 9.17) is 18.0 Å². The molecule has 114 valence electrons. The summed E-state index contributed by atoms with van der Waals surface area (Å²) in [5.41, 5.74) is 7.24. The van der Waals surface area contributed by atoms with Crippen LogP contribution < -0.4 is 5.73 Å². The van der Waals surface area contributed by atoms with Crippen LogP contribution in [-0.2, 0) is 0 Å². The minimum Gasteiger partial charge on any atom is -0.393 e. The molecule has 2 heterocycles.